The van der Waals surface area contributed by atoms with E-state index >= 15 is 4.39 Å². The van der Waals surface area contributed by atoms with E-state index in [1.807, 2.05) is 36.9 Å². The van der Waals surface area contributed by atoms with Crippen molar-refractivity contribution in [2.45, 2.75) is 38.3 Å². The fourth-order valence-electron chi connectivity index (χ4n) is 5.64. The van der Waals surface area contributed by atoms with Gasteiger partial charge in [0.05, 0.1) is 17.8 Å². The number of halogens is 1. The van der Waals surface area contributed by atoms with Crippen LogP contribution in [0.3, 0.4) is 0 Å². The van der Waals surface area contributed by atoms with E-state index in [2.05, 4.69) is 26.7 Å². The molecule has 5 rings (SSSR count). The van der Waals surface area contributed by atoms with Crippen LogP contribution in [-0.2, 0) is 9.59 Å². The Balaban J connectivity index is 1.31. The van der Waals surface area contributed by atoms with Crippen LogP contribution in [0.5, 0.6) is 11.5 Å². The second kappa shape index (κ2) is 13.7. The molecule has 0 saturated carbocycles. The van der Waals surface area contributed by atoms with Crippen molar-refractivity contribution in [1.29, 1.82) is 10.7 Å². The number of benzene rings is 2. The molecule has 46 heavy (non-hydrogen) atoms. The first-order valence-electron chi connectivity index (χ1n) is 15.0. The topological polar surface area (TPSA) is 173 Å². The van der Waals surface area contributed by atoms with Gasteiger partial charge in [0, 0.05) is 49.4 Å². The molecule has 2 aliphatic rings. The summed E-state index contributed by atoms with van der Waals surface area (Å²) in [6.07, 6.45) is 4.22. The zero-order valence-electron chi connectivity index (χ0n) is 25.7. The number of aromatic nitrogens is 2. The van der Waals surface area contributed by atoms with Gasteiger partial charge < -0.3 is 26.0 Å². The summed E-state index contributed by atoms with van der Waals surface area (Å²) in [4.78, 5) is 37.3. The highest BCUT2D eigenvalue weighted by Crippen LogP contribution is 2.29. The van der Waals surface area contributed by atoms with Gasteiger partial charge in [-0.3, -0.25) is 19.9 Å². The van der Waals surface area contributed by atoms with Crippen LogP contribution in [0.1, 0.15) is 37.8 Å². The van der Waals surface area contributed by atoms with Crippen LogP contribution in [0.4, 0.5) is 16.0 Å². The van der Waals surface area contributed by atoms with Crippen LogP contribution >= 0.6 is 0 Å². The molecule has 3 aromatic rings. The molecule has 0 bridgehead atoms. The van der Waals surface area contributed by atoms with Crippen LogP contribution in [0.2, 0.25) is 0 Å². The monoisotopic (exact) mass is 625 g/mol. The molecule has 2 saturated heterocycles. The average molecular weight is 626 g/mol. The van der Waals surface area contributed by atoms with Gasteiger partial charge in [0.2, 0.25) is 5.91 Å². The average Bonchev–Trinajstić information content (AvgIpc) is 3.04. The zero-order chi connectivity index (χ0) is 32.8. The number of piperazine rings is 1. The Morgan fingerprint density at radius 1 is 1.22 bits per heavy atom. The summed E-state index contributed by atoms with van der Waals surface area (Å²) in [5.74, 6) is -0.116. The second-order valence-corrected chi connectivity index (χ2v) is 11.7. The molecule has 2 amide bonds. The number of amides is 2. The standard InChI is InChI=1S/C33H36FN9O3/c1-33(2,43-14-12-38-27(44)19-43)16-21(17-35)32(45)42-13-6-7-22(18-42)41-31-28(30(37)39-20-40-31)29(36)25-11-10-24(15-26(25)34)46-23-8-4-3-5-9-23/h3-5,8-11,15-16,20,22,36H,6-7,12-14,18-19H2,1-2H3,(H,38,44)(H3,37,39,40,41)/b21-16+,36-29?. The lowest BCUT2D eigenvalue weighted by atomic mass is 9.96. The van der Waals surface area contributed by atoms with Gasteiger partial charge in [-0.2, -0.15) is 5.26 Å². The number of ether oxygens (including phenoxy) is 1. The Hall–Kier alpha value is -5.35. The first-order valence-corrected chi connectivity index (χ1v) is 15.0. The SMILES string of the molecule is CC(C)(/C=C(\C#N)C(=O)N1CCCC(Nc2ncnc(N)c2C(=N)c2ccc(Oc3ccccc3)cc2F)C1)N1CCNC(=O)C1. The highest BCUT2D eigenvalue weighted by Gasteiger charge is 2.33. The number of nitriles is 1. The van der Waals surface area contributed by atoms with E-state index in [-0.39, 0.29) is 64.8 Å². The number of anilines is 2. The summed E-state index contributed by atoms with van der Waals surface area (Å²) in [5, 5.41) is 24.8. The zero-order valence-corrected chi connectivity index (χ0v) is 25.7. The quantitative estimate of drug-likeness (QED) is 0.158. The third kappa shape index (κ3) is 7.30. The third-order valence-electron chi connectivity index (χ3n) is 8.07. The van der Waals surface area contributed by atoms with E-state index in [0.29, 0.717) is 38.2 Å². The first-order chi connectivity index (χ1) is 22.1. The number of nitrogens with one attached hydrogen (secondary N) is 3. The number of piperidine rings is 1. The number of likely N-dealkylation sites (tertiary alicyclic amines) is 1. The molecule has 2 aliphatic heterocycles. The minimum atomic E-state index is -0.694. The van der Waals surface area contributed by atoms with Gasteiger partial charge in [-0.1, -0.05) is 18.2 Å². The van der Waals surface area contributed by atoms with Gasteiger partial charge in [-0.15, -0.1) is 0 Å². The van der Waals surface area contributed by atoms with Crippen molar-refractivity contribution in [1.82, 2.24) is 25.1 Å². The summed E-state index contributed by atoms with van der Waals surface area (Å²) < 4.78 is 21.0. The molecular weight excluding hydrogens is 589 g/mol. The minimum absolute atomic E-state index is 0.000505. The molecule has 3 heterocycles. The molecule has 13 heteroatoms. The maximum atomic E-state index is 15.3. The van der Waals surface area contributed by atoms with Gasteiger partial charge in [0.25, 0.3) is 5.91 Å². The minimum Gasteiger partial charge on any atom is -0.457 e. The number of carbonyl (C=O) groups excluding carboxylic acids is 2. The van der Waals surface area contributed by atoms with E-state index in [9.17, 15) is 14.9 Å². The molecule has 0 radical (unpaired) electrons. The van der Waals surface area contributed by atoms with Crippen LogP contribution in [-0.4, -0.2) is 81.6 Å². The Kier molecular flexibility index (Phi) is 9.58. The predicted octanol–water partition coefficient (Wildman–Crippen LogP) is 3.47. The Labute approximate surface area is 266 Å². The molecule has 1 unspecified atom stereocenters. The number of hydrogen-bond donors (Lipinski definition) is 4. The number of hydrogen-bond acceptors (Lipinski definition) is 10. The molecular formula is C33H36FN9O3. The van der Waals surface area contributed by atoms with Crippen LogP contribution in [0, 0.1) is 22.6 Å². The molecule has 12 nitrogen and oxygen atoms in total. The highest BCUT2D eigenvalue weighted by atomic mass is 19.1. The van der Waals surface area contributed by atoms with Gasteiger partial charge in [0.15, 0.2) is 0 Å². The third-order valence-corrected chi connectivity index (χ3v) is 8.07. The molecule has 1 aromatic heterocycles. The molecule has 0 aliphatic carbocycles. The van der Waals surface area contributed by atoms with E-state index in [0.717, 1.165) is 0 Å². The van der Waals surface area contributed by atoms with Crippen molar-refractivity contribution in [3.63, 3.8) is 0 Å². The van der Waals surface area contributed by atoms with Crippen molar-refractivity contribution >= 4 is 29.2 Å². The molecule has 1 atom stereocenters. The van der Waals surface area contributed by atoms with Gasteiger partial charge >= 0.3 is 0 Å². The first kappa shape index (κ1) is 32.1. The largest absolute Gasteiger partial charge is 0.457 e. The summed E-state index contributed by atoms with van der Waals surface area (Å²) in [6.45, 7) is 5.76. The van der Waals surface area contributed by atoms with E-state index in [1.54, 1.807) is 29.2 Å². The predicted molar refractivity (Wildman–Crippen MR) is 171 cm³/mol. The Bertz CT molecular complexity index is 1700. The molecule has 2 fully saturated rings. The van der Waals surface area contributed by atoms with Crippen LogP contribution < -0.4 is 21.1 Å². The lowest BCUT2D eigenvalue weighted by Crippen LogP contribution is -2.55. The fraction of sp³-hybridized carbons (Fsp3) is 0.333. The van der Waals surface area contributed by atoms with Crippen molar-refractivity contribution < 1.29 is 18.7 Å². The number of rotatable bonds is 9. The number of para-hydroxylation sites is 1. The fourth-order valence-corrected chi connectivity index (χ4v) is 5.64. The summed E-state index contributed by atoms with van der Waals surface area (Å²) in [6, 6.07) is 15.0. The van der Waals surface area contributed by atoms with Gasteiger partial charge in [-0.05, 0) is 57.0 Å². The van der Waals surface area contributed by atoms with Crippen molar-refractivity contribution in [2.24, 2.45) is 0 Å². The van der Waals surface area contributed by atoms with E-state index in [4.69, 9.17) is 15.9 Å². The summed E-state index contributed by atoms with van der Waals surface area (Å²) >= 11 is 0. The normalized spacial score (nSPS) is 17.5. The number of nitrogens with two attached hydrogens (primary N) is 1. The molecule has 2 aromatic carbocycles. The number of carbonyl (C=O) groups is 2. The molecule has 0 spiro atoms. The van der Waals surface area contributed by atoms with Crippen LogP contribution in [0.25, 0.3) is 0 Å². The lowest BCUT2D eigenvalue weighted by molar-refractivity contribution is -0.127. The van der Waals surface area contributed by atoms with Gasteiger partial charge in [-0.25, -0.2) is 14.4 Å². The van der Waals surface area contributed by atoms with Gasteiger partial charge in [0.1, 0.15) is 46.9 Å². The smallest absolute Gasteiger partial charge is 0.264 e. The lowest BCUT2D eigenvalue weighted by Gasteiger charge is -2.39. The maximum absolute atomic E-state index is 15.3. The van der Waals surface area contributed by atoms with Crippen LogP contribution in [0.15, 0.2) is 66.5 Å². The van der Waals surface area contributed by atoms with E-state index < -0.39 is 17.3 Å². The van der Waals surface area contributed by atoms with Crippen molar-refractivity contribution in [3.8, 4) is 17.6 Å². The number of nitrogen functional groups attached to an aromatic ring is 1. The summed E-state index contributed by atoms with van der Waals surface area (Å²) in [7, 11) is 0. The second-order valence-electron chi connectivity index (χ2n) is 11.7. The highest BCUT2D eigenvalue weighted by molar-refractivity contribution is 6.16. The van der Waals surface area contributed by atoms with E-state index in [1.165, 1.54) is 18.5 Å². The molecule has 238 valence electrons. The Morgan fingerprint density at radius 3 is 2.72 bits per heavy atom. The summed E-state index contributed by atoms with van der Waals surface area (Å²) in [5.41, 5.74) is 5.41. The maximum Gasteiger partial charge on any atom is 0.264 e. The molecule has 5 N–H and O–H groups in total. The number of nitrogens with zero attached hydrogens (tertiary/aromatic N) is 5. The Morgan fingerprint density at radius 2 is 2.00 bits per heavy atom. The van der Waals surface area contributed by atoms with Crippen molar-refractivity contribution in [3.05, 3.63) is 83.5 Å². The van der Waals surface area contributed by atoms with Crippen molar-refractivity contribution in [2.75, 3.05) is 43.8 Å².